The number of hydrogen-bond donors (Lipinski definition) is 1. The number of halogens is 2. The van der Waals surface area contributed by atoms with Crippen LogP contribution in [-0.4, -0.2) is 22.6 Å². The van der Waals surface area contributed by atoms with Crippen LogP contribution in [0.3, 0.4) is 0 Å². The van der Waals surface area contributed by atoms with E-state index in [9.17, 15) is 20.2 Å². The van der Waals surface area contributed by atoms with Crippen molar-refractivity contribution in [1.82, 2.24) is 0 Å². The van der Waals surface area contributed by atoms with Gasteiger partial charge in [0.1, 0.15) is 0 Å². The third kappa shape index (κ3) is 4.72. The van der Waals surface area contributed by atoms with Crippen LogP contribution in [0.2, 0.25) is 10.0 Å². The van der Waals surface area contributed by atoms with Gasteiger partial charge < -0.3 is 9.84 Å². The van der Waals surface area contributed by atoms with E-state index in [1.807, 2.05) is 6.07 Å². The molecule has 0 fully saturated rings. The molecule has 0 unspecified atom stereocenters. The molecule has 0 aliphatic rings. The number of carboxylic acid groups (broad SMARTS) is 1. The first-order valence-corrected chi connectivity index (χ1v) is 7.77. The summed E-state index contributed by atoms with van der Waals surface area (Å²) in [4.78, 5) is 20.9. The van der Waals surface area contributed by atoms with Gasteiger partial charge in [-0.2, -0.15) is 5.26 Å². The maximum Gasteiger partial charge on any atom is 0.341 e. The lowest BCUT2D eigenvalue weighted by Crippen LogP contribution is -2.10. The van der Waals surface area contributed by atoms with Crippen LogP contribution in [0, 0.1) is 21.4 Å². The summed E-state index contributed by atoms with van der Waals surface area (Å²) >= 11 is 12.1. The normalized spacial score (nSPS) is 10.9. The molecule has 0 radical (unpaired) electrons. The van der Waals surface area contributed by atoms with Crippen molar-refractivity contribution in [3.63, 3.8) is 0 Å². The fraction of sp³-hybridized carbons (Fsp3) is 0.0588. The van der Waals surface area contributed by atoms with Gasteiger partial charge in [-0.15, -0.1) is 0 Å². The standard InChI is InChI=1S/C17H10Cl2N2O5/c18-14-5-10(6-15(19)17(14)26-9-16(22)23)4-12(8-20)11-2-1-3-13(7-11)21(24)25/h1-7H,9H2,(H,22,23)/b12-4-. The fourth-order valence-electron chi connectivity index (χ4n) is 2.07. The Morgan fingerprint density at radius 3 is 2.50 bits per heavy atom. The Hall–Kier alpha value is -3.08. The highest BCUT2D eigenvalue weighted by molar-refractivity contribution is 6.37. The second-order valence-electron chi connectivity index (χ2n) is 4.97. The molecule has 0 saturated carbocycles. The number of nitro benzene ring substituents is 1. The van der Waals surface area contributed by atoms with Crippen molar-refractivity contribution >= 4 is 46.5 Å². The van der Waals surface area contributed by atoms with E-state index in [0.29, 0.717) is 11.1 Å². The molecule has 0 heterocycles. The number of non-ortho nitro benzene ring substituents is 1. The van der Waals surface area contributed by atoms with E-state index in [1.54, 1.807) is 6.07 Å². The minimum atomic E-state index is -1.18. The van der Waals surface area contributed by atoms with Gasteiger partial charge in [-0.05, 0) is 29.3 Å². The largest absolute Gasteiger partial charge is 0.479 e. The maximum absolute atomic E-state index is 10.9. The molecule has 7 nitrogen and oxygen atoms in total. The van der Waals surface area contributed by atoms with Crippen molar-refractivity contribution in [3.05, 3.63) is 67.7 Å². The quantitative estimate of drug-likeness (QED) is 0.336. The van der Waals surface area contributed by atoms with Crippen LogP contribution in [0.5, 0.6) is 5.75 Å². The molecule has 1 N–H and O–H groups in total. The number of benzene rings is 2. The van der Waals surface area contributed by atoms with Crippen LogP contribution in [0.4, 0.5) is 5.69 Å². The van der Waals surface area contributed by atoms with Crippen molar-refractivity contribution in [3.8, 4) is 11.8 Å². The number of carbonyl (C=O) groups is 1. The first-order chi connectivity index (χ1) is 12.3. The van der Waals surface area contributed by atoms with E-state index in [0.717, 1.165) is 0 Å². The second-order valence-corrected chi connectivity index (χ2v) is 5.79. The third-order valence-electron chi connectivity index (χ3n) is 3.16. The highest BCUT2D eigenvalue weighted by atomic mass is 35.5. The van der Waals surface area contributed by atoms with Gasteiger partial charge in [-0.25, -0.2) is 4.79 Å². The lowest BCUT2D eigenvalue weighted by Gasteiger charge is -2.09. The SMILES string of the molecule is N#C/C(=C/c1cc(Cl)c(OCC(=O)O)c(Cl)c1)c1cccc([N+](=O)[O-])c1. The Morgan fingerprint density at radius 1 is 1.31 bits per heavy atom. The maximum atomic E-state index is 10.9. The average molecular weight is 393 g/mol. The van der Waals surface area contributed by atoms with Gasteiger partial charge in [0.15, 0.2) is 12.4 Å². The predicted molar refractivity (Wildman–Crippen MR) is 96.2 cm³/mol. The molecule has 2 aromatic rings. The molecule has 0 bridgehead atoms. The summed E-state index contributed by atoms with van der Waals surface area (Å²) in [5, 5.41) is 29.0. The monoisotopic (exact) mass is 392 g/mol. The minimum absolute atomic E-state index is 0.0155. The second kappa shape index (κ2) is 8.34. The van der Waals surface area contributed by atoms with Gasteiger partial charge in [-0.1, -0.05) is 35.3 Å². The van der Waals surface area contributed by atoms with E-state index < -0.39 is 17.5 Å². The first kappa shape index (κ1) is 19.2. The summed E-state index contributed by atoms with van der Waals surface area (Å²) in [5.41, 5.74) is 0.836. The number of nitro groups is 1. The van der Waals surface area contributed by atoms with Crippen LogP contribution in [0.15, 0.2) is 36.4 Å². The summed E-state index contributed by atoms with van der Waals surface area (Å²) in [6, 6.07) is 10.5. The van der Waals surface area contributed by atoms with Crippen molar-refractivity contribution < 1.29 is 19.6 Å². The Balaban J connectivity index is 2.41. The number of nitriles is 1. The number of hydrogen-bond acceptors (Lipinski definition) is 5. The number of rotatable bonds is 6. The molecule has 0 aliphatic heterocycles. The average Bonchev–Trinajstić information content (AvgIpc) is 2.58. The molecule has 26 heavy (non-hydrogen) atoms. The summed E-state index contributed by atoms with van der Waals surface area (Å²) in [6.07, 6.45) is 1.46. The predicted octanol–water partition coefficient (Wildman–Crippen LogP) is 4.43. The zero-order chi connectivity index (χ0) is 19.3. The Kier molecular flexibility index (Phi) is 6.17. The van der Waals surface area contributed by atoms with Gasteiger partial charge >= 0.3 is 5.97 Å². The zero-order valence-electron chi connectivity index (χ0n) is 13.0. The van der Waals surface area contributed by atoms with Crippen LogP contribution < -0.4 is 4.74 Å². The molecule has 2 rings (SSSR count). The van der Waals surface area contributed by atoms with Crippen LogP contribution >= 0.6 is 23.2 Å². The van der Waals surface area contributed by atoms with E-state index in [1.165, 1.54) is 36.4 Å². The van der Waals surface area contributed by atoms with Gasteiger partial charge in [0.25, 0.3) is 5.69 Å². The van der Waals surface area contributed by atoms with Crippen molar-refractivity contribution in [2.45, 2.75) is 0 Å². The molecule has 0 aromatic heterocycles. The molecule has 0 saturated heterocycles. The first-order valence-electron chi connectivity index (χ1n) is 7.02. The number of allylic oxidation sites excluding steroid dienone is 1. The van der Waals surface area contributed by atoms with E-state index in [2.05, 4.69) is 0 Å². The van der Waals surface area contributed by atoms with Gasteiger partial charge in [0, 0.05) is 12.1 Å². The van der Waals surface area contributed by atoms with Gasteiger partial charge in [0.05, 0.1) is 26.6 Å². The molecule has 0 atom stereocenters. The third-order valence-corrected chi connectivity index (χ3v) is 3.72. The number of nitrogens with zero attached hydrogens (tertiary/aromatic N) is 2. The van der Waals surface area contributed by atoms with E-state index in [4.69, 9.17) is 33.0 Å². The molecule has 0 amide bonds. The summed E-state index contributed by atoms with van der Waals surface area (Å²) in [7, 11) is 0. The number of aliphatic carboxylic acids is 1. The number of carboxylic acids is 1. The molecule has 0 aliphatic carbocycles. The molecule has 132 valence electrons. The van der Waals surface area contributed by atoms with Crippen molar-refractivity contribution in [2.75, 3.05) is 6.61 Å². The van der Waals surface area contributed by atoms with Crippen molar-refractivity contribution in [2.24, 2.45) is 0 Å². The Bertz CT molecular complexity index is 927. The highest BCUT2D eigenvalue weighted by Crippen LogP contribution is 2.35. The van der Waals surface area contributed by atoms with E-state index >= 15 is 0 Å². The van der Waals surface area contributed by atoms with Crippen LogP contribution in [0.1, 0.15) is 11.1 Å². The minimum Gasteiger partial charge on any atom is -0.479 e. The molecule has 9 heteroatoms. The fourth-order valence-corrected chi connectivity index (χ4v) is 2.68. The smallest absolute Gasteiger partial charge is 0.341 e. The van der Waals surface area contributed by atoms with Crippen LogP contribution in [-0.2, 0) is 4.79 Å². The summed E-state index contributed by atoms with van der Waals surface area (Å²) in [6.45, 7) is -0.605. The lowest BCUT2D eigenvalue weighted by atomic mass is 10.0. The summed E-state index contributed by atoms with van der Waals surface area (Å²) in [5.74, 6) is -1.17. The summed E-state index contributed by atoms with van der Waals surface area (Å²) < 4.78 is 5.02. The van der Waals surface area contributed by atoms with Crippen LogP contribution in [0.25, 0.3) is 11.6 Å². The molecular weight excluding hydrogens is 383 g/mol. The molecule has 2 aromatic carbocycles. The zero-order valence-corrected chi connectivity index (χ0v) is 14.5. The molecular formula is C17H10Cl2N2O5. The van der Waals surface area contributed by atoms with Crippen molar-refractivity contribution in [1.29, 1.82) is 5.26 Å². The molecule has 0 spiro atoms. The number of ether oxygens (including phenoxy) is 1. The Morgan fingerprint density at radius 2 is 1.96 bits per heavy atom. The van der Waals surface area contributed by atoms with E-state index in [-0.39, 0.29) is 27.1 Å². The van der Waals surface area contributed by atoms with Gasteiger partial charge in [-0.3, -0.25) is 10.1 Å². The van der Waals surface area contributed by atoms with Gasteiger partial charge in [0.2, 0.25) is 0 Å². The Labute approximate surface area is 157 Å². The topological polar surface area (TPSA) is 113 Å². The lowest BCUT2D eigenvalue weighted by molar-refractivity contribution is -0.384. The highest BCUT2D eigenvalue weighted by Gasteiger charge is 2.13.